The van der Waals surface area contributed by atoms with Gasteiger partial charge in [-0.3, -0.25) is 4.79 Å². The van der Waals surface area contributed by atoms with Crippen LogP contribution in [-0.2, 0) is 22.5 Å². The predicted octanol–water partition coefficient (Wildman–Crippen LogP) is 5.81. The van der Waals surface area contributed by atoms with Gasteiger partial charge in [0.2, 0.25) is 0 Å². The molecule has 186 valence electrons. The molecule has 0 aliphatic rings. The molecule has 0 fully saturated rings. The molecule has 2 aromatic carbocycles. The maximum Gasteiger partial charge on any atom is 0.315 e. The second-order valence-electron chi connectivity index (χ2n) is 8.10. The summed E-state index contributed by atoms with van der Waals surface area (Å²) in [7, 11) is 1.41. The van der Waals surface area contributed by atoms with Crippen LogP contribution in [0.1, 0.15) is 36.8 Å². The standard InChI is InChI=1S/C25H32Cl3N3O3/c1-34-24(32)5-2-3-13-30(16-12-19-6-9-21(26)10-7-19)14-4-15-31(25(29)33)18-20-8-11-22(27)17-23(20)28/h6-11,17H,2-5,12-16,18H2,1H3,(H2,29,33). The van der Waals surface area contributed by atoms with Crippen LogP contribution < -0.4 is 5.73 Å². The molecule has 0 heterocycles. The molecule has 2 rings (SSSR count). The normalized spacial score (nSPS) is 11.0. The van der Waals surface area contributed by atoms with Crippen molar-refractivity contribution in [2.75, 3.05) is 33.3 Å². The van der Waals surface area contributed by atoms with Crippen LogP contribution in [-0.4, -0.2) is 55.1 Å². The number of carbonyl (C=O) groups excluding carboxylic acids is 2. The van der Waals surface area contributed by atoms with Crippen LogP contribution in [0.25, 0.3) is 0 Å². The van der Waals surface area contributed by atoms with E-state index >= 15 is 0 Å². The van der Waals surface area contributed by atoms with Crippen molar-refractivity contribution in [3.05, 3.63) is 68.7 Å². The van der Waals surface area contributed by atoms with E-state index in [-0.39, 0.29) is 5.97 Å². The summed E-state index contributed by atoms with van der Waals surface area (Å²) in [5, 5.41) is 1.77. The van der Waals surface area contributed by atoms with Crippen molar-refractivity contribution < 1.29 is 14.3 Å². The largest absolute Gasteiger partial charge is 0.469 e. The van der Waals surface area contributed by atoms with Gasteiger partial charge < -0.3 is 20.3 Å². The van der Waals surface area contributed by atoms with Gasteiger partial charge in [-0.05, 0) is 74.2 Å². The molecule has 9 heteroatoms. The summed E-state index contributed by atoms with van der Waals surface area (Å²) < 4.78 is 4.72. The maximum absolute atomic E-state index is 12.0. The number of amides is 2. The smallest absolute Gasteiger partial charge is 0.315 e. The zero-order chi connectivity index (χ0) is 24.9. The van der Waals surface area contributed by atoms with Gasteiger partial charge in [-0.2, -0.15) is 0 Å². The molecule has 0 unspecified atom stereocenters. The van der Waals surface area contributed by atoms with E-state index in [1.807, 2.05) is 24.3 Å². The molecule has 34 heavy (non-hydrogen) atoms. The molecule has 0 saturated heterocycles. The van der Waals surface area contributed by atoms with Crippen molar-refractivity contribution >= 4 is 46.8 Å². The van der Waals surface area contributed by atoms with Crippen molar-refractivity contribution in [1.82, 2.24) is 9.80 Å². The molecule has 0 aliphatic heterocycles. The summed E-state index contributed by atoms with van der Waals surface area (Å²) in [4.78, 5) is 27.3. The Labute approximate surface area is 216 Å². The third kappa shape index (κ3) is 10.5. The van der Waals surface area contributed by atoms with Gasteiger partial charge in [-0.15, -0.1) is 0 Å². The van der Waals surface area contributed by atoms with Gasteiger partial charge in [-0.1, -0.05) is 53.0 Å². The molecule has 0 radical (unpaired) electrons. The summed E-state index contributed by atoms with van der Waals surface area (Å²) in [6, 6.07) is 12.6. The first kappa shape index (κ1) is 28.2. The Balaban J connectivity index is 1.90. The van der Waals surface area contributed by atoms with Crippen molar-refractivity contribution in [3.8, 4) is 0 Å². The molecule has 0 bridgehead atoms. The summed E-state index contributed by atoms with van der Waals surface area (Å²) in [5.41, 5.74) is 7.62. The lowest BCUT2D eigenvalue weighted by atomic mass is 10.1. The molecular formula is C25H32Cl3N3O3. The van der Waals surface area contributed by atoms with Crippen molar-refractivity contribution in [1.29, 1.82) is 0 Å². The number of primary amides is 1. The second-order valence-corrected chi connectivity index (χ2v) is 9.38. The summed E-state index contributed by atoms with van der Waals surface area (Å²) >= 11 is 18.2. The van der Waals surface area contributed by atoms with Gasteiger partial charge in [-0.25, -0.2) is 4.79 Å². The number of unbranched alkanes of at least 4 members (excludes halogenated alkanes) is 1. The minimum absolute atomic E-state index is 0.189. The van der Waals surface area contributed by atoms with Gasteiger partial charge in [0, 0.05) is 41.1 Å². The minimum Gasteiger partial charge on any atom is -0.469 e. The number of benzene rings is 2. The van der Waals surface area contributed by atoms with E-state index in [0.717, 1.165) is 55.9 Å². The Bertz CT molecular complexity index is 925. The Morgan fingerprint density at radius 1 is 0.882 bits per heavy atom. The summed E-state index contributed by atoms with van der Waals surface area (Å²) in [6.45, 7) is 3.34. The second kappa shape index (κ2) is 15.1. The van der Waals surface area contributed by atoms with E-state index in [4.69, 9.17) is 45.3 Å². The molecule has 0 aromatic heterocycles. The Morgan fingerprint density at radius 2 is 1.56 bits per heavy atom. The first-order valence-electron chi connectivity index (χ1n) is 11.3. The molecule has 0 atom stereocenters. The number of hydrogen-bond donors (Lipinski definition) is 1. The molecule has 0 aliphatic carbocycles. The number of urea groups is 1. The number of methoxy groups -OCH3 is 1. The van der Waals surface area contributed by atoms with Crippen LogP contribution in [0.3, 0.4) is 0 Å². The topological polar surface area (TPSA) is 75.9 Å². The van der Waals surface area contributed by atoms with Crippen molar-refractivity contribution in [2.24, 2.45) is 5.73 Å². The van der Waals surface area contributed by atoms with Crippen molar-refractivity contribution in [2.45, 2.75) is 38.6 Å². The van der Waals surface area contributed by atoms with E-state index in [2.05, 4.69) is 4.90 Å². The third-order valence-electron chi connectivity index (χ3n) is 5.55. The fraction of sp³-hybridized carbons (Fsp3) is 0.440. The number of nitrogens with zero attached hydrogens (tertiary/aromatic N) is 2. The van der Waals surface area contributed by atoms with Crippen LogP contribution in [0, 0.1) is 0 Å². The van der Waals surface area contributed by atoms with Gasteiger partial charge in [0.05, 0.1) is 7.11 Å². The highest BCUT2D eigenvalue weighted by Gasteiger charge is 2.14. The predicted molar refractivity (Wildman–Crippen MR) is 139 cm³/mol. The lowest BCUT2D eigenvalue weighted by Gasteiger charge is -2.25. The minimum atomic E-state index is -0.489. The number of carbonyl (C=O) groups is 2. The average molecular weight is 529 g/mol. The van der Waals surface area contributed by atoms with Crippen LogP contribution >= 0.6 is 34.8 Å². The summed E-state index contributed by atoms with van der Waals surface area (Å²) in [5.74, 6) is -0.189. The lowest BCUT2D eigenvalue weighted by Crippen LogP contribution is -2.38. The molecule has 2 aromatic rings. The van der Waals surface area contributed by atoms with E-state index in [0.29, 0.717) is 29.6 Å². The number of rotatable bonds is 14. The fourth-order valence-electron chi connectivity index (χ4n) is 3.59. The van der Waals surface area contributed by atoms with Crippen LogP contribution in [0.5, 0.6) is 0 Å². The quantitative estimate of drug-likeness (QED) is 0.248. The number of esters is 1. The van der Waals surface area contributed by atoms with E-state index < -0.39 is 6.03 Å². The van der Waals surface area contributed by atoms with E-state index in [9.17, 15) is 9.59 Å². The Kier molecular flexibility index (Phi) is 12.5. The van der Waals surface area contributed by atoms with Crippen LogP contribution in [0.2, 0.25) is 15.1 Å². The highest BCUT2D eigenvalue weighted by molar-refractivity contribution is 6.35. The number of halogens is 3. The Hall–Kier alpha value is -1.99. The van der Waals surface area contributed by atoms with Crippen LogP contribution in [0.15, 0.2) is 42.5 Å². The molecule has 2 N–H and O–H groups in total. The first-order chi connectivity index (χ1) is 16.3. The SMILES string of the molecule is COC(=O)CCCCN(CCCN(Cc1ccc(Cl)cc1Cl)C(N)=O)CCc1ccc(Cl)cc1. The number of ether oxygens (including phenoxy) is 1. The molecule has 2 amide bonds. The van der Waals surface area contributed by atoms with Crippen LogP contribution in [0.4, 0.5) is 4.79 Å². The highest BCUT2D eigenvalue weighted by Crippen LogP contribution is 2.22. The number of nitrogens with two attached hydrogens (primary N) is 1. The van der Waals surface area contributed by atoms with Crippen molar-refractivity contribution in [3.63, 3.8) is 0 Å². The lowest BCUT2D eigenvalue weighted by molar-refractivity contribution is -0.140. The monoisotopic (exact) mass is 527 g/mol. The molecular weight excluding hydrogens is 497 g/mol. The van der Waals surface area contributed by atoms with Gasteiger partial charge >= 0.3 is 12.0 Å². The number of hydrogen-bond acceptors (Lipinski definition) is 4. The fourth-order valence-corrected chi connectivity index (χ4v) is 4.18. The average Bonchev–Trinajstić information content (AvgIpc) is 2.81. The highest BCUT2D eigenvalue weighted by atomic mass is 35.5. The van der Waals surface area contributed by atoms with Gasteiger partial charge in [0.25, 0.3) is 0 Å². The zero-order valence-corrected chi connectivity index (χ0v) is 21.7. The van der Waals surface area contributed by atoms with Gasteiger partial charge in [0.1, 0.15) is 0 Å². The van der Waals surface area contributed by atoms with E-state index in [1.165, 1.54) is 12.7 Å². The molecule has 0 spiro atoms. The maximum atomic E-state index is 12.0. The molecule has 6 nitrogen and oxygen atoms in total. The van der Waals surface area contributed by atoms with E-state index in [1.54, 1.807) is 23.1 Å². The summed E-state index contributed by atoms with van der Waals surface area (Å²) in [6.07, 6.45) is 3.71. The molecule has 0 saturated carbocycles. The first-order valence-corrected chi connectivity index (χ1v) is 12.4. The third-order valence-corrected chi connectivity index (χ3v) is 6.39. The Morgan fingerprint density at radius 3 is 2.21 bits per heavy atom. The van der Waals surface area contributed by atoms with Gasteiger partial charge in [0.15, 0.2) is 0 Å². The zero-order valence-electron chi connectivity index (χ0n) is 19.4.